The highest BCUT2D eigenvalue weighted by Gasteiger charge is 2.28. The summed E-state index contributed by atoms with van der Waals surface area (Å²) in [6.07, 6.45) is 2.96. The predicted octanol–water partition coefficient (Wildman–Crippen LogP) is 2.53. The molecule has 0 aromatic heterocycles. The molecule has 138 valence electrons. The Hall–Kier alpha value is -1.88. The van der Waals surface area contributed by atoms with Crippen molar-refractivity contribution in [2.24, 2.45) is 0 Å². The van der Waals surface area contributed by atoms with E-state index in [4.69, 9.17) is 4.74 Å². The number of benzene rings is 1. The quantitative estimate of drug-likeness (QED) is 0.761. The van der Waals surface area contributed by atoms with Crippen LogP contribution in [0.3, 0.4) is 0 Å². The summed E-state index contributed by atoms with van der Waals surface area (Å²) < 4.78 is 5.83. The summed E-state index contributed by atoms with van der Waals surface area (Å²) in [5.74, 6) is 0.929. The molecule has 1 heterocycles. The number of carbonyl (C=O) groups is 2. The number of hydrogen-bond acceptors (Lipinski definition) is 4. The second-order valence-corrected chi connectivity index (χ2v) is 7.15. The van der Waals surface area contributed by atoms with Crippen molar-refractivity contribution >= 4 is 11.7 Å². The van der Waals surface area contributed by atoms with E-state index in [9.17, 15) is 9.59 Å². The van der Waals surface area contributed by atoms with Crippen LogP contribution in [0.2, 0.25) is 0 Å². The van der Waals surface area contributed by atoms with E-state index in [0.29, 0.717) is 18.2 Å². The van der Waals surface area contributed by atoms with Gasteiger partial charge in [-0.1, -0.05) is 12.1 Å². The van der Waals surface area contributed by atoms with Gasteiger partial charge in [-0.2, -0.15) is 0 Å². The molecular formula is C20H30N2O3. The monoisotopic (exact) mass is 346 g/mol. The molecule has 2 rings (SSSR count). The molecule has 0 N–H and O–H groups in total. The van der Waals surface area contributed by atoms with Gasteiger partial charge in [0.2, 0.25) is 0 Å². The summed E-state index contributed by atoms with van der Waals surface area (Å²) in [6, 6.07) is 8.08. The summed E-state index contributed by atoms with van der Waals surface area (Å²) in [5, 5.41) is 0. The molecule has 1 saturated heterocycles. The number of piperidine rings is 1. The fraction of sp³-hybridized carbons (Fsp3) is 0.600. The Labute approximate surface area is 150 Å². The summed E-state index contributed by atoms with van der Waals surface area (Å²) in [5.41, 5.74) is 1.10. The van der Waals surface area contributed by atoms with Gasteiger partial charge in [0.25, 0.3) is 5.91 Å². The van der Waals surface area contributed by atoms with Gasteiger partial charge in [-0.25, -0.2) is 0 Å². The number of amides is 1. The summed E-state index contributed by atoms with van der Waals surface area (Å²) in [4.78, 5) is 27.8. The highest BCUT2D eigenvalue weighted by molar-refractivity contribution is 5.81. The van der Waals surface area contributed by atoms with Crippen molar-refractivity contribution in [2.75, 3.05) is 27.2 Å². The van der Waals surface area contributed by atoms with Crippen molar-refractivity contribution in [3.05, 3.63) is 29.8 Å². The molecular weight excluding hydrogens is 316 g/mol. The third kappa shape index (κ3) is 5.85. The molecule has 0 aliphatic carbocycles. The number of ketones is 1. The first-order valence-corrected chi connectivity index (χ1v) is 9.07. The SMILES string of the molecule is CC(=O)CCc1ccc(O[C@@H](C)C(=O)N2CCC[C@@H](N(C)C)C2)cc1. The lowest BCUT2D eigenvalue weighted by atomic mass is 10.0. The van der Waals surface area contributed by atoms with Gasteiger partial charge in [0, 0.05) is 25.6 Å². The molecule has 2 atom stereocenters. The van der Waals surface area contributed by atoms with Crippen LogP contribution in [0.15, 0.2) is 24.3 Å². The average Bonchev–Trinajstić information content (AvgIpc) is 2.60. The zero-order valence-electron chi connectivity index (χ0n) is 15.8. The summed E-state index contributed by atoms with van der Waals surface area (Å²) in [7, 11) is 4.12. The molecule has 1 amide bonds. The van der Waals surface area contributed by atoms with Crippen molar-refractivity contribution in [2.45, 2.75) is 51.7 Å². The Morgan fingerprint density at radius 1 is 1.28 bits per heavy atom. The van der Waals surface area contributed by atoms with Crippen LogP contribution in [0, 0.1) is 0 Å². The highest BCUT2D eigenvalue weighted by atomic mass is 16.5. The maximum Gasteiger partial charge on any atom is 0.263 e. The molecule has 5 heteroatoms. The Balaban J connectivity index is 1.89. The molecule has 0 unspecified atom stereocenters. The van der Waals surface area contributed by atoms with Crippen molar-refractivity contribution in [1.29, 1.82) is 0 Å². The average molecular weight is 346 g/mol. The molecule has 1 aromatic carbocycles. The Morgan fingerprint density at radius 3 is 2.56 bits per heavy atom. The number of hydrogen-bond donors (Lipinski definition) is 0. The molecule has 0 bridgehead atoms. The van der Waals surface area contributed by atoms with E-state index < -0.39 is 6.10 Å². The maximum atomic E-state index is 12.7. The number of carbonyl (C=O) groups excluding carboxylic acids is 2. The molecule has 1 fully saturated rings. The number of aryl methyl sites for hydroxylation is 1. The van der Waals surface area contributed by atoms with Crippen molar-refractivity contribution in [3.63, 3.8) is 0 Å². The second kappa shape index (κ2) is 8.99. The zero-order chi connectivity index (χ0) is 18.4. The summed E-state index contributed by atoms with van der Waals surface area (Å²) in [6.45, 7) is 4.99. The van der Waals surface area contributed by atoms with Gasteiger partial charge < -0.3 is 19.3 Å². The van der Waals surface area contributed by atoms with E-state index in [1.807, 2.05) is 36.1 Å². The van der Waals surface area contributed by atoms with Gasteiger partial charge in [-0.3, -0.25) is 4.79 Å². The first kappa shape index (κ1) is 19.4. The minimum atomic E-state index is -0.496. The van der Waals surface area contributed by atoms with E-state index in [1.54, 1.807) is 6.92 Å². The van der Waals surface area contributed by atoms with Crippen molar-refractivity contribution in [3.8, 4) is 5.75 Å². The Kier molecular flexibility index (Phi) is 7.00. The van der Waals surface area contributed by atoms with Gasteiger partial charge in [0.1, 0.15) is 11.5 Å². The third-order valence-corrected chi connectivity index (χ3v) is 4.79. The normalized spacial score (nSPS) is 18.9. The smallest absolute Gasteiger partial charge is 0.263 e. The predicted molar refractivity (Wildman–Crippen MR) is 98.8 cm³/mol. The van der Waals surface area contributed by atoms with Crippen LogP contribution in [0.25, 0.3) is 0 Å². The highest BCUT2D eigenvalue weighted by Crippen LogP contribution is 2.18. The molecule has 0 saturated carbocycles. The molecule has 1 aromatic rings. The van der Waals surface area contributed by atoms with Crippen molar-refractivity contribution < 1.29 is 14.3 Å². The van der Waals surface area contributed by atoms with E-state index in [-0.39, 0.29) is 11.7 Å². The molecule has 0 spiro atoms. The molecule has 5 nitrogen and oxygen atoms in total. The minimum absolute atomic E-state index is 0.0483. The van der Waals surface area contributed by atoms with Crippen LogP contribution in [-0.2, 0) is 16.0 Å². The lowest BCUT2D eigenvalue weighted by molar-refractivity contribution is -0.139. The van der Waals surface area contributed by atoms with Gasteiger partial charge in [0.15, 0.2) is 6.10 Å². The Morgan fingerprint density at radius 2 is 1.96 bits per heavy atom. The zero-order valence-corrected chi connectivity index (χ0v) is 15.8. The van der Waals surface area contributed by atoms with Gasteiger partial charge in [-0.15, -0.1) is 0 Å². The van der Waals surface area contributed by atoms with Crippen LogP contribution in [0.1, 0.15) is 38.7 Å². The number of nitrogens with zero attached hydrogens (tertiary/aromatic N) is 2. The molecule has 1 aliphatic rings. The largest absolute Gasteiger partial charge is 0.481 e. The molecule has 25 heavy (non-hydrogen) atoms. The van der Waals surface area contributed by atoms with Crippen molar-refractivity contribution in [1.82, 2.24) is 9.80 Å². The lowest BCUT2D eigenvalue weighted by Gasteiger charge is -2.37. The number of rotatable bonds is 7. The lowest BCUT2D eigenvalue weighted by Crippen LogP contribution is -2.50. The molecule has 0 radical (unpaired) electrons. The minimum Gasteiger partial charge on any atom is -0.481 e. The molecule has 1 aliphatic heterocycles. The number of Topliss-reactive ketones (excluding diaryl/α,β-unsaturated/α-hetero) is 1. The fourth-order valence-corrected chi connectivity index (χ4v) is 3.14. The van der Waals surface area contributed by atoms with Crippen LogP contribution < -0.4 is 4.74 Å². The van der Waals surface area contributed by atoms with E-state index in [1.165, 1.54) is 0 Å². The first-order chi connectivity index (χ1) is 11.9. The third-order valence-electron chi connectivity index (χ3n) is 4.79. The topological polar surface area (TPSA) is 49.9 Å². The second-order valence-electron chi connectivity index (χ2n) is 7.15. The standard InChI is InChI=1S/C20H30N2O3/c1-15(23)7-8-17-9-11-19(12-10-17)25-16(2)20(24)22-13-5-6-18(14-22)21(3)4/h9-12,16,18H,5-8,13-14H2,1-4H3/t16-,18+/m0/s1. The van der Waals surface area contributed by atoms with Crippen LogP contribution in [0.4, 0.5) is 0 Å². The van der Waals surface area contributed by atoms with Gasteiger partial charge in [-0.05, 0) is 64.9 Å². The summed E-state index contributed by atoms with van der Waals surface area (Å²) >= 11 is 0. The fourth-order valence-electron chi connectivity index (χ4n) is 3.14. The van der Waals surface area contributed by atoms with Gasteiger partial charge in [0.05, 0.1) is 0 Å². The van der Waals surface area contributed by atoms with Crippen LogP contribution >= 0.6 is 0 Å². The van der Waals surface area contributed by atoms with E-state index in [0.717, 1.165) is 37.9 Å². The number of likely N-dealkylation sites (N-methyl/N-ethyl adjacent to an activating group) is 1. The van der Waals surface area contributed by atoms with E-state index in [2.05, 4.69) is 19.0 Å². The number of likely N-dealkylation sites (tertiary alicyclic amines) is 1. The van der Waals surface area contributed by atoms with Crippen LogP contribution in [0.5, 0.6) is 5.75 Å². The number of ether oxygens (including phenoxy) is 1. The van der Waals surface area contributed by atoms with E-state index >= 15 is 0 Å². The first-order valence-electron chi connectivity index (χ1n) is 9.07. The van der Waals surface area contributed by atoms with Crippen LogP contribution in [-0.4, -0.2) is 60.8 Å². The van der Waals surface area contributed by atoms with Gasteiger partial charge >= 0.3 is 0 Å². The Bertz CT molecular complexity index is 583. The maximum absolute atomic E-state index is 12.7.